The lowest BCUT2D eigenvalue weighted by Crippen LogP contribution is -2.42. The molecular weight excluding hydrogens is 262 g/mol. The van der Waals surface area contributed by atoms with Gasteiger partial charge in [0.2, 0.25) is 0 Å². The molecule has 3 nitrogen and oxygen atoms in total. The van der Waals surface area contributed by atoms with E-state index in [4.69, 9.17) is 11.6 Å². The van der Waals surface area contributed by atoms with Gasteiger partial charge in [-0.1, -0.05) is 18.5 Å². The molecule has 1 fully saturated rings. The SMILES string of the molecule is CC1CN(CCC(=O)c2ccc(Cl)cc2)CCC1O. The number of piperidine rings is 1. The first-order chi connectivity index (χ1) is 9.06. The van der Waals surface area contributed by atoms with Crippen LogP contribution in [0.4, 0.5) is 0 Å². The summed E-state index contributed by atoms with van der Waals surface area (Å²) in [5.74, 6) is 0.440. The van der Waals surface area contributed by atoms with Crippen molar-refractivity contribution in [3.8, 4) is 0 Å². The number of aliphatic hydroxyl groups is 1. The second-order valence-electron chi connectivity index (χ2n) is 5.31. The molecule has 2 atom stereocenters. The molecule has 0 bridgehead atoms. The summed E-state index contributed by atoms with van der Waals surface area (Å²) in [7, 11) is 0. The highest BCUT2D eigenvalue weighted by molar-refractivity contribution is 6.30. The Balaban J connectivity index is 1.82. The molecule has 0 saturated carbocycles. The normalized spacial score (nSPS) is 24.4. The Labute approximate surface area is 119 Å². The minimum absolute atomic E-state index is 0.149. The number of hydrogen-bond acceptors (Lipinski definition) is 3. The zero-order valence-electron chi connectivity index (χ0n) is 11.2. The summed E-state index contributed by atoms with van der Waals surface area (Å²) in [5, 5.41) is 10.3. The van der Waals surface area contributed by atoms with Crippen molar-refractivity contribution >= 4 is 17.4 Å². The lowest BCUT2D eigenvalue weighted by Gasteiger charge is -2.34. The molecule has 1 aliphatic rings. The number of carbonyl (C=O) groups is 1. The van der Waals surface area contributed by atoms with E-state index < -0.39 is 0 Å². The Morgan fingerprint density at radius 3 is 2.74 bits per heavy atom. The third-order valence-corrected chi connectivity index (χ3v) is 4.02. The highest BCUT2D eigenvalue weighted by atomic mass is 35.5. The van der Waals surface area contributed by atoms with Gasteiger partial charge in [-0.15, -0.1) is 0 Å². The van der Waals surface area contributed by atoms with Gasteiger partial charge < -0.3 is 10.0 Å². The number of ketones is 1. The molecule has 1 heterocycles. The van der Waals surface area contributed by atoms with Gasteiger partial charge in [-0.2, -0.15) is 0 Å². The molecule has 1 saturated heterocycles. The van der Waals surface area contributed by atoms with Crippen LogP contribution in [0, 0.1) is 5.92 Å². The Bertz CT molecular complexity index is 432. The van der Waals surface area contributed by atoms with Crippen LogP contribution in [0.3, 0.4) is 0 Å². The fourth-order valence-corrected chi connectivity index (χ4v) is 2.59. The molecule has 0 aromatic heterocycles. The molecule has 1 aliphatic heterocycles. The van der Waals surface area contributed by atoms with Crippen molar-refractivity contribution < 1.29 is 9.90 Å². The van der Waals surface area contributed by atoms with E-state index in [1.165, 1.54) is 0 Å². The average Bonchev–Trinajstić information content (AvgIpc) is 2.40. The lowest BCUT2D eigenvalue weighted by atomic mass is 9.96. The number of benzene rings is 1. The van der Waals surface area contributed by atoms with Gasteiger partial charge in [0.25, 0.3) is 0 Å². The van der Waals surface area contributed by atoms with Crippen LogP contribution >= 0.6 is 11.6 Å². The molecule has 104 valence electrons. The van der Waals surface area contributed by atoms with Gasteiger partial charge in [-0.25, -0.2) is 0 Å². The third-order valence-electron chi connectivity index (χ3n) is 3.77. The summed E-state index contributed by atoms with van der Waals surface area (Å²) in [6, 6.07) is 7.03. The summed E-state index contributed by atoms with van der Waals surface area (Å²) in [6.45, 7) is 4.56. The maximum Gasteiger partial charge on any atom is 0.164 e. The molecule has 0 spiro atoms. The topological polar surface area (TPSA) is 40.5 Å². The van der Waals surface area contributed by atoms with Gasteiger partial charge >= 0.3 is 0 Å². The van der Waals surface area contributed by atoms with E-state index in [-0.39, 0.29) is 11.9 Å². The van der Waals surface area contributed by atoms with E-state index >= 15 is 0 Å². The molecule has 1 aromatic carbocycles. The number of rotatable bonds is 4. The number of hydrogen-bond donors (Lipinski definition) is 1. The first kappa shape index (κ1) is 14.5. The minimum atomic E-state index is -0.191. The number of likely N-dealkylation sites (tertiary alicyclic amines) is 1. The van der Waals surface area contributed by atoms with Crippen molar-refractivity contribution in [2.24, 2.45) is 5.92 Å². The van der Waals surface area contributed by atoms with Crippen LogP contribution in [0.1, 0.15) is 30.1 Å². The second-order valence-corrected chi connectivity index (χ2v) is 5.75. The van der Waals surface area contributed by atoms with E-state index in [2.05, 4.69) is 11.8 Å². The maximum absolute atomic E-state index is 12.0. The van der Waals surface area contributed by atoms with Crippen LogP contribution in [0.15, 0.2) is 24.3 Å². The quantitative estimate of drug-likeness (QED) is 0.863. The van der Waals surface area contributed by atoms with E-state index in [0.717, 1.165) is 31.6 Å². The molecule has 2 rings (SSSR count). The average molecular weight is 282 g/mol. The van der Waals surface area contributed by atoms with Gasteiger partial charge in [-0.05, 0) is 36.6 Å². The Morgan fingerprint density at radius 1 is 1.42 bits per heavy atom. The number of Topliss-reactive ketones (excluding diaryl/α,β-unsaturated/α-hetero) is 1. The van der Waals surface area contributed by atoms with Crippen LogP contribution in [0.25, 0.3) is 0 Å². The first-order valence-electron chi connectivity index (χ1n) is 6.75. The van der Waals surface area contributed by atoms with Crippen molar-refractivity contribution in [2.45, 2.75) is 25.9 Å². The molecule has 1 aromatic rings. The van der Waals surface area contributed by atoms with Crippen molar-refractivity contribution in [3.05, 3.63) is 34.9 Å². The first-order valence-corrected chi connectivity index (χ1v) is 7.13. The standard InChI is InChI=1S/C15H20ClNO2/c1-11-10-17(8-6-14(11)18)9-7-15(19)12-2-4-13(16)5-3-12/h2-5,11,14,18H,6-10H2,1H3. The maximum atomic E-state index is 12.0. The molecule has 0 aliphatic carbocycles. The zero-order chi connectivity index (χ0) is 13.8. The summed E-state index contributed by atoms with van der Waals surface area (Å²) >= 11 is 5.80. The van der Waals surface area contributed by atoms with Crippen molar-refractivity contribution in [1.29, 1.82) is 0 Å². The van der Waals surface area contributed by atoms with Crippen molar-refractivity contribution in [2.75, 3.05) is 19.6 Å². The van der Waals surface area contributed by atoms with Crippen LogP contribution in [-0.2, 0) is 0 Å². The fourth-order valence-electron chi connectivity index (χ4n) is 2.46. The number of nitrogens with zero attached hydrogens (tertiary/aromatic N) is 1. The second kappa shape index (κ2) is 6.51. The van der Waals surface area contributed by atoms with E-state index in [1.807, 2.05) is 0 Å². The molecule has 1 N–H and O–H groups in total. The largest absolute Gasteiger partial charge is 0.393 e. The van der Waals surface area contributed by atoms with Crippen LogP contribution in [0.2, 0.25) is 5.02 Å². The van der Waals surface area contributed by atoms with Gasteiger partial charge in [0.05, 0.1) is 6.10 Å². The summed E-state index contributed by atoms with van der Waals surface area (Å²) < 4.78 is 0. The van der Waals surface area contributed by atoms with Gasteiger partial charge in [0.15, 0.2) is 5.78 Å². The molecule has 0 radical (unpaired) electrons. The third kappa shape index (κ3) is 4.03. The van der Waals surface area contributed by atoms with E-state index in [0.29, 0.717) is 17.4 Å². The zero-order valence-corrected chi connectivity index (χ0v) is 11.9. The van der Waals surface area contributed by atoms with Gasteiger partial charge in [-0.3, -0.25) is 4.79 Å². The molecule has 4 heteroatoms. The molecule has 2 unspecified atom stereocenters. The van der Waals surface area contributed by atoms with E-state index in [9.17, 15) is 9.90 Å². The van der Waals surface area contributed by atoms with Crippen LogP contribution in [0.5, 0.6) is 0 Å². The van der Waals surface area contributed by atoms with Crippen molar-refractivity contribution in [1.82, 2.24) is 4.90 Å². The summed E-state index contributed by atoms with van der Waals surface area (Å²) in [5.41, 5.74) is 0.717. The molecular formula is C15H20ClNO2. The van der Waals surface area contributed by atoms with Crippen LogP contribution < -0.4 is 0 Å². The predicted molar refractivity (Wildman–Crippen MR) is 76.6 cm³/mol. The smallest absolute Gasteiger partial charge is 0.164 e. The predicted octanol–water partition coefficient (Wildman–Crippen LogP) is 2.62. The highest BCUT2D eigenvalue weighted by Crippen LogP contribution is 2.17. The minimum Gasteiger partial charge on any atom is -0.393 e. The van der Waals surface area contributed by atoms with Gasteiger partial charge in [0.1, 0.15) is 0 Å². The fraction of sp³-hybridized carbons (Fsp3) is 0.533. The lowest BCUT2D eigenvalue weighted by molar-refractivity contribution is 0.0346. The molecule has 19 heavy (non-hydrogen) atoms. The Hall–Kier alpha value is -0.900. The van der Waals surface area contributed by atoms with Crippen molar-refractivity contribution in [3.63, 3.8) is 0 Å². The molecule has 0 amide bonds. The highest BCUT2D eigenvalue weighted by Gasteiger charge is 2.24. The number of carbonyl (C=O) groups excluding carboxylic acids is 1. The Kier molecular flexibility index (Phi) is 4.97. The number of halogens is 1. The monoisotopic (exact) mass is 281 g/mol. The summed E-state index contributed by atoms with van der Waals surface area (Å²) in [4.78, 5) is 14.3. The van der Waals surface area contributed by atoms with E-state index in [1.54, 1.807) is 24.3 Å². The van der Waals surface area contributed by atoms with Crippen LogP contribution in [-0.4, -0.2) is 41.5 Å². The summed E-state index contributed by atoms with van der Waals surface area (Å²) in [6.07, 6.45) is 1.13. The number of aliphatic hydroxyl groups excluding tert-OH is 1. The van der Waals surface area contributed by atoms with Gasteiger partial charge in [0, 0.05) is 36.6 Å². The Morgan fingerprint density at radius 2 is 2.11 bits per heavy atom.